The van der Waals surface area contributed by atoms with Crippen molar-refractivity contribution >= 4 is 15.7 Å². The first-order chi connectivity index (χ1) is 9.36. The first-order valence-corrected chi connectivity index (χ1v) is 8.78. The van der Waals surface area contributed by atoms with Crippen molar-refractivity contribution < 1.29 is 8.42 Å². The molecule has 1 aromatic carbocycles. The van der Waals surface area contributed by atoms with Gasteiger partial charge in [0, 0.05) is 12.2 Å². The van der Waals surface area contributed by atoms with E-state index < -0.39 is 10.0 Å². The highest BCUT2D eigenvalue weighted by molar-refractivity contribution is 7.89. The van der Waals surface area contributed by atoms with E-state index in [1.54, 1.807) is 19.1 Å². The predicted octanol–water partition coefficient (Wildman–Crippen LogP) is 2.88. The van der Waals surface area contributed by atoms with Crippen molar-refractivity contribution in [2.24, 2.45) is 17.0 Å². The molecule has 2 rings (SSSR count). The maximum atomic E-state index is 11.5. The first kappa shape index (κ1) is 15.3. The summed E-state index contributed by atoms with van der Waals surface area (Å²) in [6, 6.07) is 5.34. The number of primary sulfonamides is 1. The number of hydrogen-bond acceptors (Lipinski definition) is 3. The molecule has 1 aliphatic carbocycles. The zero-order valence-electron chi connectivity index (χ0n) is 12.2. The van der Waals surface area contributed by atoms with E-state index >= 15 is 0 Å². The third kappa shape index (κ3) is 3.96. The summed E-state index contributed by atoms with van der Waals surface area (Å²) in [4.78, 5) is 0.208. The van der Waals surface area contributed by atoms with Gasteiger partial charge in [0.05, 0.1) is 4.90 Å². The van der Waals surface area contributed by atoms with Gasteiger partial charge in [0.25, 0.3) is 0 Å². The van der Waals surface area contributed by atoms with Crippen molar-refractivity contribution in [1.29, 1.82) is 0 Å². The quantitative estimate of drug-likeness (QED) is 0.897. The lowest BCUT2D eigenvalue weighted by Gasteiger charge is -2.26. The zero-order valence-corrected chi connectivity index (χ0v) is 13.0. The number of sulfonamides is 1. The monoisotopic (exact) mass is 296 g/mol. The molecule has 1 fully saturated rings. The van der Waals surface area contributed by atoms with E-state index in [1.807, 2.05) is 6.07 Å². The van der Waals surface area contributed by atoms with Crippen LogP contribution in [0.25, 0.3) is 0 Å². The maximum absolute atomic E-state index is 11.5. The Balaban J connectivity index is 2.00. The third-order valence-electron chi connectivity index (χ3n) is 4.22. The molecule has 4 nitrogen and oxygen atoms in total. The fraction of sp³-hybridized carbons (Fsp3) is 0.600. The van der Waals surface area contributed by atoms with Crippen LogP contribution in [0.4, 0.5) is 5.69 Å². The summed E-state index contributed by atoms with van der Waals surface area (Å²) in [5.74, 6) is 1.53. The van der Waals surface area contributed by atoms with Crippen LogP contribution in [0, 0.1) is 18.8 Å². The molecule has 20 heavy (non-hydrogen) atoms. The Morgan fingerprint density at radius 1 is 1.25 bits per heavy atom. The van der Waals surface area contributed by atoms with E-state index in [1.165, 1.54) is 25.7 Å². The Hall–Kier alpha value is -1.07. The van der Waals surface area contributed by atoms with Crippen molar-refractivity contribution in [2.45, 2.75) is 44.4 Å². The highest BCUT2D eigenvalue weighted by atomic mass is 32.2. The highest BCUT2D eigenvalue weighted by Gasteiger charge is 2.18. The minimum Gasteiger partial charge on any atom is -0.385 e. The van der Waals surface area contributed by atoms with E-state index in [4.69, 9.17) is 5.14 Å². The summed E-state index contributed by atoms with van der Waals surface area (Å²) in [6.07, 6.45) is 5.09. The topological polar surface area (TPSA) is 72.2 Å². The van der Waals surface area contributed by atoms with E-state index in [0.29, 0.717) is 11.5 Å². The molecule has 0 aliphatic heterocycles. The number of nitrogens with one attached hydrogen (secondary N) is 1. The molecule has 0 amide bonds. The van der Waals surface area contributed by atoms with Crippen LogP contribution >= 0.6 is 0 Å². The molecule has 112 valence electrons. The van der Waals surface area contributed by atoms with Gasteiger partial charge in [0.15, 0.2) is 0 Å². The molecule has 0 radical (unpaired) electrons. The van der Waals surface area contributed by atoms with Gasteiger partial charge in [0.1, 0.15) is 0 Å². The molecule has 0 atom stereocenters. The van der Waals surface area contributed by atoms with Gasteiger partial charge < -0.3 is 5.32 Å². The van der Waals surface area contributed by atoms with Gasteiger partial charge in [-0.15, -0.1) is 0 Å². The molecule has 0 unspecified atom stereocenters. The van der Waals surface area contributed by atoms with Crippen molar-refractivity contribution in [2.75, 3.05) is 11.9 Å². The Morgan fingerprint density at radius 3 is 2.50 bits per heavy atom. The number of aryl methyl sites for hydroxylation is 1. The Kier molecular flexibility index (Phi) is 4.70. The van der Waals surface area contributed by atoms with Gasteiger partial charge in [-0.2, -0.15) is 0 Å². The van der Waals surface area contributed by atoms with Crippen LogP contribution in [0.15, 0.2) is 23.1 Å². The number of anilines is 1. The van der Waals surface area contributed by atoms with Crippen molar-refractivity contribution in [1.82, 2.24) is 0 Å². The fourth-order valence-corrected chi connectivity index (χ4v) is 3.62. The van der Waals surface area contributed by atoms with Crippen LogP contribution in [0.2, 0.25) is 0 Å². The summed E-state index contributed by atoms with van der Waals surface area (Å²) in [5, 5.41) is 8.57. The van der Waals surface area contributed by atoms with Gasteiger partial charge >= 0.3 is 0 Å². The molecular weight excluding hydrogens is 272 g/mol. The molecule has 1 aliphatic rings. The van der Waals surface area contributed by atoms with Gasteiger partial charge in [-0.1, -0.05) is 25.8 Å². The summed E-state index contributed by atoms with van der Waals surface area (Å²) in [7, 11) is -3.65. The SMILES string of the molecule is Cc1ccc(NCC2CCC(C)CC2)cc1S(N)(=O)=O. The summed E-state index contributed by atoms with van der Waals surface area (Å²) in [6.45, 7) is 4.97. The third-order valence-corrected chi connectivity index (χ3v) is 5.28. The van der Waals surface area contributed by atoms with Gasteiger partial charge in [-0.05, 0) is 49.3 Å². The van der Waals surface area contributed by atoms with Gasteiger partial charge in [-0.25, -0.2) is 13.6 Å². The van der Waals surface area contributed by atoms with Crippen LogP contribution in [0.3, 0.4) is 0 Å². The smallest absolute Gasteiger partial charge is 0.238 e. The lowest BCUT2D eigenvalue weighted by molar-refractivity contribution is 0.300. The average Bonchev–Trinajstić information content (AvgIpc) is 2.38. The molecule has 0 saturated heterocycles. The molecule has 1 saturated carbocycles. The number of hydrogen-bond donors (Lipinski definition) is 2. The van der Waals surface area contributed by atoms with Gasteiger partial charge in [-0.3, -0.25) is 0 Å². The van der Waals surface area contributed by atoms with Gasteiger partial charge in [0.2, 0.25) is 10.0 Å². The number of benzene rings is 1. The second-order valence-electron chi connectivity index (χ2n) is 6.03. The van der Waals surface area contributed by atoms with Crippen LogP contribution < -0.4 is 10.5 Å². The number of rotatable bonds is 4. The molecule has 5 heteroatoms. The Bertz CT molecular complexity index is 561. The summed E-state index contributed by atoms with van der Waals surface area (Å²) < 4.78 is 23.0. The number of nitrogens with two attached hydrogens (primary N) is 1. The largest absolute Gasteiger partial charge is 0.385 e. The minimum atomic E-state index is -3.65. The zero-order chi connectivity index (χ0) is 14.8. The predicted molar refractivity (Wildman–Crippen MR) is 82.2 cm³/mol. The average molecular weight is 296 g/mol. The highest BCUT2D eigenvalue weighted by Crippen LogP contribution is 2.28. The molecule has 0 spiro atoms. The van der Waals surface area contributed by atoms with Crippen LogP contribution in [-0.4, -0.2) is 15.0 Å². The summed E-state index contributed by atoms with van der Waals surface area (Å²) >= 11 is 0. The van der Waals surface area contributed by atoms with Crippen molar-refractivity contribution in [3.8, 4) is 0 Å². The van der Waals surface area contributed by atoms with Crippen LogP contribution in [0.1, 0.15) is 38.2 Å². The minimum absolute atomic E-state index is 0.208. The van der Waals surface area contributed by atoms with E-state index in [9.17, 15) is 8.42 Å². The summed E-state index contributed by atoms with van der Waals surface area (Å²) in [5.41, 5.74) is 1.52. The molecular formula is C15H24N2O2S. The van der Waals surface area contributed by atoms with Crippen LogP contribution in [0.5, 0.6) is 0 Å². The molecule has 3 N–H and O–H groups in total. The normalized spacial score (nSPS) is 23.6. The lowest BCUT2D eigenvalue weighted by atomic mass is 9.83. The maximum Gasteiger partial charge on any atom is 0.238 e. The van der Waals surface area contributed by atoms with E-state index in [-0.39, 0.29) is 4.90 Å². The second-order valence-corrected chi connectivity index (χ2v) is 7.56. The van der Waals surface area contributed by atoms with Crippen molar-refractivity contribution in [3.05, 3.63) is 23.8 Å². The van der Waals surface area contributed by atoms with E-state index in [0.717, 1.165) is 18.2 Å². The van der Waals surface area contributed by atoms with Crippen molar-refractivity contribution in [3.63, 3.8) is 0 Å². The second kappa shape index (κ2) is 6.14. The van der Waals surface area contributed by atoms with E-state index in [2.05, 4.69) is 12.2 Å². The Labute approximate surface area is 121 Å². The Morgan fingerprint density at radius 2 is 1.90 bits per heavy atom. The molecule has 1 aromatic rings. The first-order valence-electron chi connectivity index (χ1n) is 7.23. The molecule has 0 aromatic heterocycles. The molecule has 0 heterocycles. The lowest BCUT2D eigenvalue weighted by Crippen LogP contribution is -2.20. The molecule has 0 bridgehead atoms. The standard InChI is InChI=1S/C15H24N2O2S/c1-11-3-6-13(7-4-11)10-17-14-8-5-12(2)15(9-14)20(16,18)19/h5,8-9,11,13,17H,3-4,6-7,10H2,1-2H3,(H2,16,18,19). The van der Waals surface area contributed by atoms with Crippen LogP contribution in [-0.2, 0) is 10.0 Å². The fourth-order valence-electron chi connectivity index (χ4n) is 2.81.